The number of fused-ring (bicyclic) bond motifs is 1. The number of nitrogens with zero attached hydrogens (tertiary/aromatic N) is 2. The van der Waals surface area contributed by atoms with E-state index in [4.69, 9.17) is 9.26 Å². The van der Waals surface area contributed by atoms with E-state index in [1.165, 1.54) is 7.11 Å². The maximum Gasteiger partial charge on any atom is 0.234 e. The molecule has 0 radical (unpaired) electrons. The first-order valence-electron chi connectivity index (χ1n) is 6.59. The highest BCUT2D eigenvalue weighted by atomic mass is 16.5. The number of rotatable bonds is 5. The van der Waals surface area contributed by atoms with Gasteiger partial charge in [-0.2, -0.15) is 4.98 Å². The smallest absolute Gasteiger partial charge is 0.234 e. The summed E-state index contributed by atoms with van der Waals surface area (Å²) in [7, 11) is 1.48. The fourth-order valence-corrected chi connectivity index (χ4v) is 2.24. The number of ether oxygens (including phenoxy) is 1. The third-order valence-corrected chi connectivity index (χ3v) is 3.15. The Hall–Kier alpha value is -2.53. The van der Waals surface area contributed by atoms with E-state index in [-0.39, 0.29) is 18.8 Å². The highest BCUT2D eigenvalue weighted by molar-refractivity contribution is 5.94. The largest absolute Gasteiger partial charge is 0.377 e. The van der Waals surface area contributed by atoms with E-state index < -0.39 is 0 Å². The summed E-state index contributed by atoms with van der Waals surface area (Å²) >= 11 is 0. The van der Waals surface area contributed by atoms with Gasteiger partial charge in [-0.25, -0.2) is 0 Å². The molecule has 0 atom stereocenters. The van der Waals surface area contributed by atoms with E-state index in [1.54, 1.807) is 0 Å². The van der Waals surface area contributed by atoms with Gasteiger partial charge in [0.25, 0.3) is 0 Å². The number of ketones is 1. The number of hydrogen-bond donors (Lipinski definition) is 0. The molecule has 0 aliphatic rings. The van der Waals surface area contributed by atoms with Gasteiger partial charge in [0, 0.05) is 12.7 Å². The Labute approximate surface area is 121 Å². The lowest BCUT2D eigenvalue weighted by atomic mass is 10.0. The summed E-state index contributed by atoms with van der Waals surface area (Å²) in [4.78, 5) is 15.8. The van der Waals surface area contributed by atoms with Crippen LogP contribution in [-0.2, 0) is 16.0 Å². The van der Waals surface area contributed by atoms with Crippen molar-refractivity contribution in [2.24, 2.45) is 0 Å². The number of Topliss-reactive ketones (excluding diaryl/α,β-unsaturated/α-hetero) is 1. The molecular weight excluding hydrogens is 268 g/mol. The van der Waals surface area contributed by atoms with Crippen LogP contribution >= 0.6 is 0 Å². The van der Waals surface area contributed by atoms with Crippen LogP contribution in [0.3, 0.4) is 0 Å². The third kappa shape index (κ3) is 2.83. The monoisotopic (exact) mass is 282 g/mol. The summed E-state index contributed by atoms with van der Waals surface area (Å²) in [6.07, 6.45) is 0.0889. The molecule has 106 valence electrons. The number of benzene rings is 2. The molecule has 0 aliphatic heterocycles. The Kier molecular flexibility index (Phi) is 3.75. The maximum atomic E-state index is 11.5. The van der Waals surface area contributed by atoms with Crippen LogP contribution < -0.4 is 0 Å². The highest BCUT2D eigenvalue weighted by Crippen LogP contribution is 2.26. The highest BCUT2D eigenvalue weighted by Gasteiger charge is 2.14. The normalized spacial score (nSPS) is 10.9. The number of carbonyl (C=O) groups is 1. The van der Waals surface area contributed by atoms with Crippen LogP contribution in [0.5, 0.6) is 0 Å². The summed E-state index contributed by atoms with van der Waals surface area (Å²) in [5.41, 5.74) is 0.891. The Balaban J connectivity index is 1.93. The van der Waals surface area contributed by atoms with Gasteiger partial charge in [0.15, 0.2) is 5.78 Å². The van der Waals surface area contributed by atoms with Crippen molar-refractivity contribution >= 4 is 16.6 Å². The van der Waals surface area contributed by atoms with Crippen LogP contribution in [0.25, 0.3) is 22.2 Å². The molecule has 0 aliphatic carbocycles. The van der Waals surface area contributed by atoms with Gasteiger partial charge < -0.3 is 9.26 Å². The zero-order valence-electron chi connectivity index (χ0n) is 11.6. The van der Waals surface area contributed by atoms with Gasteiger partial charge in [0.1, 0.15) is 6.61 Å². The van der Waals surface area contributed by atoms with Crippen molar-refractivity contribution in [3.05, 3.63) is 48.4 Å². The molecule has 1 heterocycles. The predicted octanol–water partition coefficient (Wildman–Crippen LogP) is 2.65. The molecule has 1 aromatic heterocycles. The van der Waals surface area contributed by atoms with Gasteiger partial charge >= 0.3 is 0 Å². The van der Waals surface area contributed by atoms with Crippen LogP contribution in [0.15, 0.2) is 47.0 Å². The zero-order chi connectivity index (χ0) is 14.7. The Morgan fingerprint density at radius 3 is 2.86 bits per heavy atom. The second kappa shape index (κ2) is 5.85. The molecule has 5 nitrogen and oxygen atoms in total. The molecule has 0 amide bonds. The molecule has 3 aromatic rings. The van der Waals surface area contributed by atoms with Crippen molar-refractivity contribution in [2.75, 3.05) is 13.7 Å². The number of methoxy groups -OCH3 is 1. The minimum Gasteiger partial charge on any atom is -0.377 e. The Bertz CT molecular complexity index is 775. The lowest BCUT2D eigenvalue weighted by Crippen LogP contribution is -2.09. The number of hydrogen-bond acceptors (Lipinski definition) is 5. The molecule has 3 rings (SSSR count). The number of carbonyl (C=O) groups excluding carboxylic acids is 1. The summed E-state index contributed by atoms with van der Waals surface area (Å²) in [6, 6.07) is 13.9. The third-order valence-electron chi connectivity index (χ3n) is 3.15. The minimum atomic E-state index is -0.0920. The van der Waals surface area contributed by atoms with Gasteiger partial charge in [-0.3, -0.25) is 4.79 Å². The molecule has 0 fully saturated rings. The molecule has 0 bridgehead atoms. The van der Waals surface area contributed by atoms with Gasteiger partial charge in [-0.15, -0.1) is 0 Å². The van der Waals surface area contributed by atoms with E-state index in [9.17, 15) is 4.79 Å². The van der Waals surface area contributed by atoms with Gasteiger partial charge in [0.2, 0.25) is 11.7 Å². The van der Waals surface area contributed by atoms with Gasteiger partial charge in [-0.05, 0) is 10.8 Å². The van der Waals surface area contributed by atoms with Crippen molar-refractivity contribution in [3.63, 3.8) is 0 Å². The fourth-order valence-electron chi connectivity index (χ4n) is 2.24. The minimum absolute atomic E-state index is 0.0476. The van der Waals surface area contributed by atoms with E-state index in [1.807, 2.05) is 42.5 Å². The van der Waals surface area contributed by atoms with Gasteiger partial charge in [-0.1, -0.05) is 47.6 Å². The second-order valence-corrected chi connectivity index (χ2v) is 4.69. The lowest BCUT2D eigenvalue weighted by Gasteiger charge is -2.01. The molecule has 21 heavy (non-hydrogen) atoms. The summed E-state index contributed by atoms with van der Waals surface area (Å²) < 4.78 is 9.93. The lowest BCUT2D eigenvalue weighted by molar-refractivity contribution is -0.122. The summed E-state index contributed by atoms with van der Waals surface area (Å²) in [5, 5.41) is 6.13. The van der Waals surface area contributed by atoms with Crippen molar-refractivity contribution in [2.45, 2.75) is 6.42 Å². The average molecular weight is 282 g/mol. The van der Waals surface area contributed by atoms with Crippen molar-refractivity contribution in [3.8, 4) is 11.4 Å². The topological polar surface area (TPSA) is 65.2 Å². The zero-order valence-corrected chi connectivity index (χ0v) is 11.6. The molecule has 0 spiro atoms. The van der Waals surface area contributed by atoms with Crippen molar-refractivity contribution < 1.29 is 14.1 Å². The molecule has 2 aromatic carbocycles. The maximum absolute atomic E-state index is 11.5. The van der Waals surface area contributed by atoms with Crippen LogP contribution in [0.1, 0.15) is 5.89 Å². The molecule has 0 N–H and O–H groups in total. The first-order valence-corrected chi connectivity index (χ1v) is 6.59. The average Bonchev–Trinajstić information content (AvgIpc) is 2.95. The summed E-state index contributed by atoms with van der Waals surface area (Å²) in [6.45, 7) is 0.0476. The molecule has 0 unspecified atom stereocenters. The van der Waals surface area contributed by atoms with Crippen LogP contribution in [0.2, 0.25) is 0 Å². The Morgan fingerprint density at radius 1 is 1.19 bits per heavy atom. The first kappa shape index (κ1) is 13.5. The van der Waals surface area contributed by atoms with Crippen LogP contribution in [0, 0.1) is 0 Å². The van der Waals surface area contributed by atoms with Crippen LogP contribution in [-0.4, -0.2) is 29.6 Å². The van der Waals surface area contributed by atoms with Crippen molar-refractivity contribution in [1.29, 1.82) is 0 Å². The quantitative estimate of drug-likeness (QED) is 0.719. The first-order chi connectivity index (χ1) is 10.3. The van der Waals surface area contributed by atoms with E-state index in [0.29, 0.717) is 11.7 Å². The standard InChI is InChI=1S/C16H14N2O3/c1-20-10-12(19)9-15-17-16(18-21-15)14-8-4-6-11-5-2-3-7-13(11)14/h2-8H,9-10H2,1H3. The van der Waals surface area contributed by atoms with E-state index in [2.05, 4.69) is 10.1 Å². The molecule has 0 saturated heterocycles. The van der Waals surface area contributed by atoms with E-state index in [0.717, 1.165) is 16.3 Å². The van der Waals surface area contributed by atoms with Crippen molar-refractivity contribution in [1.82, 2.24) is 10.1 Å². The van der Waals surface area contributed by atoms with E-state index >= 15 is 0 Å². The second-order valence-electron chi connectivity index (χ2n) is 4.69. The van der Waals surface area contributed by atoms with Gasteiger partial charge in [0.05, 0.1) is 6.42 Å². The molecular formula is C16H14N2O3. The SMILES string of the molecule is COCC(=O)Cc1nc(-c2cccc3ccccc23)no1. The molecule has 5 heteroatoms. The Morgan fingerprint density at radius 2 is 2.00 bits per heavy atom. The number of aromatic nitrogens is 2. The molecule has 0 saturated carbocycles. The summed E-state index contributed by atoms with van der Waals surface area (Å²) in [5.74, 6) is 0.706. The van der Waals surface area contributed by atoms with Crippen LogP contribution in [0.4, 0.5) is 0 Å². The fraction of sp³-hybridized carbons (Fsp3) is 0.188. The predicted molar refractivity (Wildman–Crippen MR) is 77.8 cm³/mol.